The molecule has 1 unspecified atom stereocenters. The van der Waals surface area contributed by atoms with Gasteiger partial charge in [0.1, 0.15) is 0 Å². The molecule has 1 aromatic rings. The maximum atomic E-state index is 5.58. The summed E-state index contributed by atoms with van der Waals surface area (Å²) in [6.45, 7) is 8.15. The van der Waals surface area contributed by atoms with E-state index in [4.69, 9.17) is 5.84 Å². The van der Waals surface area contributed by atoms with E-state index in [-0.39, 0.29) is 0 Å². The minimum absolute atomic E-state index is 0.381. The van der Waals surface area contributed by atoms with Crippen LogP contribution in [-0.4, -0.2) is 6.04 Å². The number of hydrogen-bond donors (Lipinski definition) is 2. The Hall–Kier alpha value is -1.12. The smallest absolute Gasteiger partial charge is 0.0216 e. The van der Waals surface area contributed by atoms with E-state index in [0.29, 0.717) is 6.04 Å². The van der Waals surface area contributed by atoms with Crippen molar-refractivity contribution in [1.29, 1.82) is 0 Å². The quantitative estimate of drug-likeness (QED) is 0.430. The highest BCUT2D eigenvalue weighted by Gasteiger charge is 2.07. The van der Waals surface area contributed by atoms with Crippen LogP contribution in [0.2, 0.25) is 0 Å². The first-order chi connectivity index (χ1) is 8.13. The predicted octanol–water partition coefficient (Wildman–Crippen LogP) is 3.12. The Kier molecular flexibility index (Phi) is 5.95. The average Bonchev–Trinajstić information content (AvgIpc) is 2.31. The van der Waals surface area contributed by atoms with Crippen LogP contribution in [0.3, 0.4) is 0 Å². The molecule has 0 saturated carbocycles. The van der Waals surface area contributed by atoms with Crippen LogP contribution in [0.5, 0.6) is 0 Å². The molecule has 1 atom stereocenters. The van der Waals surface area contributed by atoms with Gasteiger partial charge in [0, 0.05) is 6.04 Å². The number of nitrogens with two attached hydrogens (primary N) is 1. The summed E-state index contributed by atoms with van der Waals surface area (Å²) in [5, 5.41) is 0. The molecule has 0 aliphatic rings. The van der Waals surface area contributed by atoms with E-state index in [1.165, 1.54) is 16.7 Å². The first kappa shape index (κ1) is 13.9. The minimum Gasteiger partial charge on any atom is -0.271 e. The Balaban J connectivity index is 2.42. The first-order valence-electron chi connectivity index (χ1n) is 6.28. The molecule has 0 aliphatic heterocycles. The maximum Gasteiger partial charge on any atom is 0.0216 e. The molecule has 0 radical (unpaired) electrons. The highest BCUT2D eigenvalue weighted by atomic mass is 15.2. The number of allylic oxidation sites excluding steroid dienone is 1. The monoisotopic (exact) mass is 232 g/mol. The third-order valence-electron chi connectivity index (χ3n) is 3.18. The van der Waals surface area contributed by atoms with Gasteiger partial charge in [-0.2, -0.15) is 0 Å². The Morgan fingerprint density at radius 3 is 2.65 bits per heavy atom. The third kappa shape index (κ3) is 5.16. The van der Waals surface area contributed by atoms with E-state index in [1.807, 2.05) is 0 Å². The summed E-state index contributed by atoms with van der Waals surface area (Å²) in [6.07, 6.45) is 4.27. The number of benzene rings is 1. The average molecular weight is 232 g/mol. The van der Waals surface area contributed by atoms with Crippen LogP contribution in [0.15, 0.2) is 36.4 Å². The van der Waals surface area contributed by atoms with Crippen molar-refractivity contribution < 1.29 is 0 Å². The van der Waals surface area contributed by atoms with Gasteiger partial charge in [0.15, 0.2) is 0 Å². The fraction of sp³-hybridized carbons (Fsp3) is 0.467. The summed E-state index contributed by atoms with van der Waals surface area (Å²) in [5.41, 5.74) is 6.91. The fourth-order valence-corrected chi connectivity index (χ4v) is 1.95. The topological polar surface area (TPSA) is 38.0 Å². The van der Waals surface area contributed by atoms with Gasteiger partial charge in [-0.3, -0.25) is 11.3 Å². The largest absolute Gasteiger partial charge is 0.271 e. The zero-order valence-electron chi connectivity index (χ0n) is 11.0. The Morgan fingerprint density at radius 1 is 1.35 bits per heavy atom. The van der Waals surface area contributed by atoms with Crippen LogP contribution in [0.1, 0.15) is 37.3 Å². The van der Waals surface area contributed by atoms with Crippen molar-refractivity contribution >= 4 is 0 Å². The molecule has 2 heteroatoms. The molecule has 1 rings (SSSR count). The van der Waals surface area contributed by atoms with Gasteiger partial charge in [0.2, 0.25) is 0 Å². The maximum absolute atomic E-state index is 5.58. The third-order valence-corrected chi connectivity index (χ3v) is 3.18. The van der Waals surface area contributed by atoms with Crippen LogP contribution in [-0.2, 0) is 6.42 Å². The highest BCUT2D eigenvalue weighted by Crippen LogP contribution is 2.13. The lowest BCUT2D eigenvalue weighted by Crippen LogP contribution is -2.35. The lowest BCUT2D eigenvalue weighted by atomic mass is 9.98. The van der Waals surface area contributed by atoms with E-state index < -0.39 is 0 Å². The van der Waals surface area contributed by atoms with Crippen molar-refractivity contribution in [3.05, 3.63) is 47.5 Å². The van der Waals surface area contributed by atoms with Crippen LogP contribution in [0.25, 0.3) is 0 Å². The standard InChI is InChI=1S/C15H24N2/c1-12(2)8-10-15(17-16)11-9-14-7-5-4-6-13(14)3/h4-7,15,17H,1,8-11,16H2,2-3H3. The number of hydrogen-bond acceptors (Lipinski definition) is 2. The van der Waals surface area contributed by atoms with Crippen molar-refractivity contribution in [2.24, 2.45) is 5.84 Å². The molecule has 17 heavy (non-hydrogen) atoms. The first-order valence-corrected chi connectivity index (χ1v) is 6.28. The highest BCUT2D eigenvalue weighted by molar-refractivity contribution is 5.25. The second kappa shape index (κ2) is 7.25. The van der Waals surface area contributed by atoms with Crippen LogP contribution in [0, 0.1) is 6.92 Å². The van der Waals surface area contributed by atoms with Gasteiger partial charge >= 0.3 is 0 Å². The number of nitrogens with one attached hydrogen (secondary N) is 1. The van der Waals surface area contributed by atoms with Gasteiger partial charge < -0.3 is 0 Å². The zero-order valence-corrected chi connectivity index (χ0v) is 11.0. The summed E-state index contributed by atoms with van der Waals surface area (Å²) in [7, 11) is 0. The molecule has 0 spiro atoms. The molecule has 0 aromatic heterocycles. The molecular formula is C15H24N2. The number of aryl methyl sites for hydroxylation is 2. The van der Waals surface area contributed by atoms with Crippen molar-refractivity contribution in [2.45, 2.75) is 45.6 Å². The molecule has 2 nitrogen and oxygen atoms in total. The Labute approximate surface area is 105 Å². The number of rotatable bonds is 7. The predicted molar refractivity (Wildman–Crippen MR) is 74.7 cm³/mol. The van der Waals surface area contributed by atoms with Gasteiger partial charge in [-0.15, -0.1) is 6.58 Å². The van der Waals surface area contributed by atoms with Crippen LogP contribution in [0.4, 0.5) is 0 Å². The minimum atomic E-state index is 0.381. The normalized spacial score (nSPS) is 12.4. The Bertz CT molecular complexity index is 358. The summed E-state index contributed by atoms with van der Waals surface area (Å²) in [5.74, 6) is 5.58. The summed E-state index contributed by atoms with van der Waals surface area (Å²) in [6, 6.07) is 8.92. The Morgan fingerprint density at radius 2 is 2.06 bits per heavy atom. The van der Waals surface area contributed by atoms with Crippen molar-refractivity contribution in [1.82, 2.24) is 5.43 Å². The van der Waals surface area contributed by atoms with Gasteiger partial charge in [-0.1, -0.05) is 29.8 Å². The van der Waals surface area contributed by atoms with E-state index in [0.717, 1.165) is 25.7 Å². The molecule has 0 fully saturated rings. The van der Waals surface area contributed by atoms with E-state index in [9.17, 15) is 0 Å². The molecule has 3 N–H and O–H groups in total. The van der Waals surface area contributed by atoms with Crippen LogP contribution >= 0.6 is 0 Å². The van der Waals surface area contributed by atoms with Crippen molar-refractivity contribution in [3.63, 3.8) is 0 Å². The van der Waals surface area contributed by atoms with Crippen molar-refractivity contribution in [2.75, 3.05) is 0 Å². The SMILES string of the molecule is C=C(C)CCC(CCc1ccccc1C)NN. The molecule has 0 heterocycles. The second-order valence-corrected chi connectivity index (χ2v) is 4.82. The van der Waals surface area contributed by atoms with Gasteiger partial charge in [0.05, 0.1) is 0 Å². The molecule has 94 valence electrons. The molecular weight excluding hydrogens is 208 g/mol. The van der Waals surface area contributed by atoms with E-state index in [1.54, 1.807) is 0 Å². The second-order valence-electron chi connectivity index (χ2n) is 4.82. The van der Waals surface area contributed by atoms with Gasteiger partial charge in [-0.05, 0) is 50.7 Å². The molecule has 1 aromatic carbocycles. The summed E-state index contributed by atoms with van der Waals surface area (Å²) in [4.78, 5) is 0. The molecule has 0 bridgehead atoms. The summed E-state index contributed by atoms with van der Waals surface area (Å²) < 4.78 is 0. The fourth-order valence-electron chi connectivity index (χ4n) is 1.95. The molecule has 0 amide bonds. The van der Waals surface area contributed by atoms with E-state index >= 15 is 0 Å². The van der Waals surface area contributed by atoms with Gasteiger partial charge in [-0.25, -0.2) is 0 Å². The zero-order chi connectivity index (χ0) is 12.7. The number of hydrazine groups is 1. The molecule has 0 aliphatic carbocycles. The lowest BCUT2D eigenvalue weighted by Gasteiger charge is -2.16. The van der Waals surface area contributed by atoms with E-state index in [2.05, 4.69) is 50.1 Å². The molecule has 0 saturated heterocycles. The lowest BCUT2D eigenvalue weighted by molar-refractivity contribution is 0.463. The summed E-state index contributed by atoms with van der Waals surface area (Å²) >= 11 is 0. The van der Waals surface area contributed by atoms with Gasteiger partial charge in [0.25, 0.3) is 0 Å². The van der Waals surface area contributed by atoms with Crippen molar-refractivity contribution in [3.8, 4) is 0 Å². The van der Waals surface area contributed by atoms with Crippen LogP contribution < -0.4 is 11.3 Å².